The van der Waals surface area contributed by atoms with Gasteiger partial charge in [0, 0.05) is 18.1 Å². The van der Waals surface area contributed by atoms with Gasteiger partial charge in [-0.3, -0.25) is 0 Å². The molecule has 0 radical (unpaired) electrons. The molecule has 1 heterocycles. The summed E-state index contributed by atoms with van der Waals surface area (Å²) in [5, 5.41) is 7.75. The molecule has 0 spiro atoms. The van der Waals surface area contributed by atoms with Gasteiger partial charge in [-0.25, -0.2) is 0 Å². The molecule has 4 unspecified atom stereocenters. The zero-order valence-electron chi connectivity index (χ0n) is 13.8. The third kappa shape index (κ3) is 5.01. The lowest BCUT2D eigenvalue weighted by atomic mass is 9.77. The number of piperidine rings is 1. The lowest BCUT2D eigenvalue weighted by Crippen LogP contribution is -2.52. The van der Waals surface area contributed by atoms with Crippen LogP contribution in [0.1, 0.15) is 58.3 Å². The van der Waals surface area contributed by atoms with Gasteiger partial charge in [-0.05, 0) is 72.1 Å². The average molecular weight is 281 g/mol. The van der Waals surface area contributed by atoms with Crippen molar-refractivity contribution in [2.45, 2.75) is 76.4 Å². The fourth-order valence-electron chi connectivity index (χ4n) is 3.99. The Kier molecular flexibility index (Phi) is 6.79. The molecule has 1 saturated heterocycles. The Labute approximate surface area is 125 Å². The van der Waals surface area contributed by atoms with Crippen molar-refractivity contribution < 1.29 is 0 Å². The monoisotopic (exact) mass is 281 g/mol. The Morgan fingerprint density at radius 2 is 1.85 bits per heavy atom. The van der Waals surface area contributed by atoms with Crippen molar-refractivity contribution in [3.8, 4) is 0 Å². The highest BCUT2D eigenvalue weighted by Crippen LogP contribution is 2.30. The molecule has 20 heavy (non-hydrogen) atoms. The molecule has 4 atom stereocenters. The maximum absolute atomic E-state index is 3.95. The number of hydrogen-bond donors (Lipinski definition) is 2. The van der Waals surface area contributed by atoms with Gasteiger partial charge >= 0.3 is 0 Å². The number of hydrogen-bond acceptors (Lipinski definition) is 3. The molecule has 1 aliphatic carbocycles. The second-order valence-corrected chi connectivity index (χ2v) is 7.27. The smallest absolute Gasteiger partial charge is 0.0113 e. The fraction of sp³-hybridized carbons (Fsp3) is 1.00. The molecule has 2 fully saturated rings. The summed E-state index contributed by atoms with van der Waals surface area (Å²) in [4.78, 5) is 2.29. The van der Waals surface area contributed by atoms with Crippen molar-refractivity contribution in [2.75, 3.05) is 27.2 Å². The first-order valence-corrected chi connectivity index (χ1v) is 8.81. The van der Waals surface area contributed by atoms with Crippen LogP contribution in [-0.4, -0.2) is 50.2 Å². The topological polar surface area (TPSA) is 27.3 Å². The van der Waals surface area contributed by atoms with Crippen LogP contribution in [-0.2, 0) is 0 Å². The summed E-state index contributed by atoms with van der Waals surface area (Å²) in [6.45, 7) is 4.79. The number of nitrogens with zero attached hydrogens (tertiary/aromatic N) is 1. The van der Waals surface area contributed by atoms with Crippen LogP contribution in [0.2, 0.25) is 0 Å². The molecular weight excluding hydrogens is 246 g/mol. The molecule has 1 saturated carbocycles. The van der Waals surface area contributed by atoms with E-state index in [-0.39, 0.29) is 0 Å². The van der Waals surface area contributed by atoms with Gasteiger partial charge in [-0.1, -0.05) is 19.3 Å². The Morgan fingerprint density at radius 1 is 1.10 bits per heavy atom. The van der Waals surface area contributed by atoms with Crippen LogP contribution >= 0.6 is 0 Å². The van der Waals surface area contributed by atoms with Gasteiger partial charge in [0.25, 0.3) is 0 Å². The van der Waals surface area contributed by atoms with E-state index in [1.165, 1.54) is 64.5 Å². The molecule has 0 aromatic heterocycles. The second kappa shape index (κ2) is 8.35. The van der Waals surface area contributed by atoms with E-state index in [2.05, 4.69) is 36.6 Å². The summed E-state index contributed by atoms with van der Waals surface area (Å²) in [7, 11) is 4.34. The minimum atomic E-state index is 0.645. The van der Waals surface area contributed by atoms with Crippen LogP contribution in [0.4, 0.5) is 0 Å². The minimum Gasteiger partial charge on any atom is -0.314 e. The van der Waals surface area contributed by atoms with E-state index in [0.717, 1.165) is 18.0 Å². The predicted octanol–water partition coefficient (Wildman–Crippen LogP) is 2.62. The van der Waals surface area contributed by atoms with Crippen LogP contribution in [0.25, 0.3) is 0 Å². The van der Waals surface area contributed by atoms with E-state index in [1.54, 1.807) is 0 Å². The van der Waals surface area contributed by atoms with Crippen LogP contribution < -0.4 is 10.6 Å². The van der Waals surface area contributed by atoms with E-state index in [1.807, 2.05) is 0 Å². The Hall–Kier alpha value is -0.120. The molecule has 0 amide bonds. The van der Waals surface area contributed by atoms with Crippen molar-refractivity contribution in [3.63, 3.8) is 0 Å². The summed E-state index contributed by atoms with van der Waals surface area (Å²) >= 11 is 0. The SMILES string of the molecule is CC(CCN(C)C)NC1CCCCC1C1CCCCN1. The Balaban J connectivity index is 1.82. The lowest BCUT2D eigenvalue weighted by molar-refractivity contribution is 0.170. The van der Waals surface area contributed by atoms with Crippen LogP contribution in [0.5, 0.6) is 0 Å². The second-order valence-electron chi connectivity index (χ2n) is 7.27. The molecule has 2 aliphatic rings. The largest absolute Gasteiger partial charge is 0.314 e. The highest BCUT2D eigenvalue weighted by molar-refractivity contribution is 4.91. The van der Waals surface area contributed by atoms with Gasteiger partial charge in [0.1, 0.15) is 0 Å². The van der Waals surface area contributed by atoms with Crippen LogP contribution in [0, 0.1) is 5.92 Å². The van der Waals surface area contributed by atoms with E-state index >= 15 is 0 Å². The van der Waals surface area contributed by atoms with Crippen molar-refractivity contribution in [2.24, 2.45) is 5.92 Å². The molecule has 3 nitrogen and oxygen atoms in total. The third-order valence-corrected chi connectivity index (χ3v) is 5.19. The summed E-state index contributed by atoms with van der Waals surface area (Å²) in [6.07, 6.45) is 11.1. The molecule has 2 rings (SSSR count). The minimum absolute atomic E-state index is 0.645. The molecule has 118 valence electrons. The third-order valence-electron chi connectivity index (χ3n) is 5.19. The molecular formula is C17H35N3. The zero-order chi connectivity index (χ0) is 14.4. The predicted molar refractivity (Wildman–Crippen MR) is 87.2 cm³/mol. The van der Waals surface area contributed by atoms with Gasteiger partial charge in [-0.15, -0.1) is 0 Å². The first-order chi connectivity index (χ1) is 9.66. The van der Waals surface area contributed by atoms with Gasteiger partial charge < -0.3 is 15.5 Å². The van der Waals surface area contributed by atoms with Crippen molar-refractivity contribution >= 4 is 0 Å². The molecule has 0 aromatic rings. The number of nitrogens with one attached hydrogen (secondary N) is 2. The molecule has 2 N–H and O–H groups in total. The van der Waals surface area contributed by atoms with Crippen molar-refractivity contribution in [1.29, 1.82) is 0 Å². The first kappa shape index (κ1) is 16.3. The quantitative estimate of drug-likeness (QED) is 0.784. The Bertz CT molecular complexity index is 261. The van der Waals surface area contributed by atoms with Gasteiger partial charge in [0.05, 0.1) is 0 Å². The fourth-order valence-corrected chi connectivity index (χ4v) is 3.99. The average Bonchev–Trinajstić information content (AvgIpc) is 2.47. The van der Waals surface area contributed by atoms with Crippen molar-refractivity contribution in [1.82, 2.24) is 15.5 Å². The summed E-state index contributed by atoms with van der Waals surface area (Å²) in [6, 6.07) is 2.17. The maximum atomic E-state index is 3.95. The first-order valence-electron chi connectivity index (χ1n) is 8.81. The summed E-state index contributed by atoms with van der Waals surface area (Å²) in [5.74, 6) is 0.867. The van der Waals surface area contributed by atoms with Gasteiger partial charge in [0.2, 0.25) is 0 Å². The van der Waals surface area contributed by atoms with E-state index in [0.29, 0.717) is 6.04 Å². The van der Waals surface area contributed by atoms with E-state index < -0.39 is 0 Å². The van der Waals surface area contributed by atoms with Crippen molar-refractivity contribution in [3.05, 3.63) is 0 Å². The van der Waals surface area contributed by atoms with Gasteiger partial charge in [-0.2, -0.15) is 0 Å². The highest BCUT2D eigenvalue weighted by atomic mass is 15.1. The maximum Gasteiger partial charge on any atom is 0.0113 e. The molecule has 0 bridgehead atoms. The Morgan fingerprint density at radius 3 is 2.55 bits per heavy atom. The summed E-state index contributed by atoms with van der Waals surface area (Å²) in [5.41, 5.74) is 0. The summed E-state index contributed by atoms with van der Waals surface area (Å²) < 4.78 is 0. The van der Waals surface area contributed by atoms with Crippen LogP contribution in [0.3, 0.4) is 0 Å². The normalized spacial score (nSPS) is 33.3. The molecule has 3 heteroatoms. The molecule has 0 aromatic carbocycles. The van der Waals surface area contributed by atoms with E-state index in [9.17, 15) is 0 Å². The standard InChI is InChI=1S/C17H35N3/c1-14(11-13-20(2)3)19-17-10-5-4-8-15(17)16-9-6-7-12-18-16/h14-19H,4-13H2,1-3H3. The zero-order valence-corrected chi connectivity index (χ0v) is 13.8. The van der Waals surface area contributed by atoms with Gasteiger partial charge in [0.15, 0.2) is 0 Å². The number of rotatable bonds is 6. The molecule has 1 aliphatic heterocycles. The van der Waals surface area contributed by atoms with E-state index in [4.69, 9.17) is 0 Å². The highest BCUT2D eigenvalue weighted by Gasteiger charge is 2.32. The van der Waals surface area contributed by atoms with Crippen LogP contribution in [0.15, 0.2) is 0 Å². The lowest BCUT2D eigenvalue weighted by Gasteiger charge is -2.41.